The molecule has 0 spiro atoms. The maximum Gasteiger partial charge on any atom is 0.503 e. The van der Waals surface area contributed by atoms with Gasteiger partial charge in [-0.05, 0) is 33.7 Å². The van der Waals surface area contributed by atoms with E-state index in [-0.39, 0.29) is 0 Å². The second-order valence-corrected chi connectivity index (χ2v) is 6.91. The molecule has 0 aromatic carbocycles. The first-order valence-electron chi connectivity index (χ1n) is 7.16. The van der Waals surface area contributed by atoms with Gasteiger partial charge in [0.15, 0.2) is 6.29 Å². The lowest BCUT2D eigenvalue weighted by atomic mass is 10.5. The molecule has 0 aliphatic carbocycles. The highest BCUT2D eigenvalue weighted by molar-refractivity contribution is 6.60. The van der Waals surface area contributed by atoms with Crippen LogP contribution in [-0.2, 0) is 27.6 Å². The number of hydrogen-bond donors (Lipinski definition) is 2. The summed E-state index contributed by atoms with van der Waals surface area (Å²) >= 11 is 0. The number of aliphatic carboxylic acids is 1. The van der Waals surface area contributed by atoms with Crippen LogP contribution in [0.1, 0.15) is 27.2 Å². The topological polar surface area (TPSA) is 117 Å². The Bertz CT molecular complexity index is 369. The van der Waals surface area contributed by atoms with Crippen LogP contribution >= 0.6 is 0 Å². The van der Waals surface area contributed by atoms with Gasteiger partial charge in [0.1, 0.15) is 0 Å². The van der Waals surface area contributed by atoms with E-state index in [1.54, 1.807) is 0 Å². The summed E-state index contributed by atoms with van der Waals surface area (Å²) in [5, 5.41) is 8.45. The number of esters is 1. The van der Waals surface area contributed by atoms with Crippen molar-refractivity contribution in [2.75, 3.05) is 19.8 Å². The fraction of sp³-hybridized carbons (Fsp3) is 0.692. The van der Waals surface area contributed by atoms with Gasteiger partial charge >= 0.3 is 20.7 Å². The van der Waals surface area contributed by atoms with Crippen molar-refractivity contribution >= 4 is 20.7 Å². The first kappa shape index (κ1) is 20.7. The monoisotopic (exact) mass is 335 g/mol. The van der Waals surface area contributed by atoms with Crippen molar-refractivity contribution in [3.05, 3.63) is 12.2 Å². The molecule has 0 aliphatic rings. The Hall–Kier alpha value is -1.26. The van der Waals surface area contributed by atoms with Crippen molar-refractivity contribution in [1.29, 1.82) is 0 Å². The number of rotatable bonds is 12. The molecule has 1 atom stereocenters. The van der Waals surface area contributed by atoms with E-state index in [2.05, 4.69) is 0 Å². The molecule has 8 nitrogen and oxygen atoms in total. The molecular weight excluding hydrogens is 310 g/mol. The Kier molecular flexibility index (Phi) is 10.7. The molecule has 0 fully saturated rings. The van der Waals surface area contributed by atoms with E-state index in [9.17, 15) is 9.59 Å². The quantitative estimate of drug-likeness (QED) is 0.234. The number of ether oxygens (including phenoxy) is 1. The normalized spacial score (nSPS) is 13.3. The molecule has 1 unspecified atom stereocenters. The first-order chi connectivity index (χ1) is 10.4. The maximum atomic E-state index is 11.4. The van der Waals surface area contributed by atoms with Gasteiger partial charge in [0, 0.05) is 31.4 Å². The molecule has 0 bridgehead atoms. The average molecular weight is 335 g/mol. The molecule has 0 saturated carbocycles. The lowest BCUT2D eigenvalue weighted by molar-refractivity contribution is -0.161. The zero-order chi connectivity index (χ0) is 17.0. The summed E-state index contributed by atoms with van der Waals surface area (Å²) in [7, 11) is -2.99. The minimum absolute atomic E-state index is 0.399. The maximum absolute atomic E-state index is 11.4. The minimum atomic E-state index is -2.99. The number of hydrogen-bond acceptors (Lipinski definition) is 7. The first-order valence-corrected chi connectivity index (χ1v) is 9.09. The molecule has 128 valence electrons. The lowest BCUT2D eigenvalue weighted by Crippen LogP contribution is -2.49. The van der Waals surface area contributed by atoms with Crippen molar-refractivity contribution in [2.45, 2.75) is 39.5 Å². The van der Waals surface area contributed by atoms with Crippen LogP contribution in [0, 0.1) is 0 Å². The van der Waals surface area contributed by atoms with Gasteiger partial charge in [0.2, 0.25) is 0 Å². The molecule has 9 heteroatoms. The van der Waals surface area contributed by atoms with Crippen LogP contribution in [0.5, 0.6) is 0 Å². The summed E-state index contributed by atoms with van der Waals surface area (Å²) < 4.78 is 22.0. The van der Waals surface area contributed by atoms with Gasteiger partial charge in [-0.25, -0.2) is 9.59 Å². The third-order valence-corrected chi connectivity index (χ3v) is 5.52. The second-order valence-electron chi connectivity index (χ2n) is 4.24. The van der Waals surface area contributed by atoms with E-state index < -0.39 is 27.0 Å². The predicted molar refractivity (Wildman–Crippen MR) is 80.9 cm³/mol. The third kappa shape index (κ3) is 8.90. The third-order valence-electron chi connectivity index (χ3n) is 2.41. The van der Waals surface area contributed by atoms with Crippen molar-refractivity contribution in [3.63, 3.8) is 0 Å². The van der Waals surface area contributed by atoms with Crippen LogP contribution in [0.3, 0.4) is 0 Å². The van der Waals surface area contributed by atoms with Crippen molar-refractivity contribution in [1.82, 2.24) is 0 Å². The minimum Gasteiger partial charge on any atom is -0.478 e. The number of carbonyl (C=O) groups excluding carboxylic acids is 1. The Morgan fingerprint density at radius 1 is 1.23 bits per heavy atom. The van der Waals surface area contributed by atoms with E-state index in [1.807, 2.05) is 13.8 Å². The van der Waals surface area contributed by atoms with Crippen LogP contribution < -0.4 is 5.73 Å². The highest BCUT2D eigenvalue weighted by Crippen LogP contribution is 2.20. The van der Waals surface area contributed by atoms with E-state index in [0.717, 1.165) is 6.08 Å². The van der Waals surface area contributed by atoms with Crippen molar-refractivity contribution < 1.29 is 32.7 Å². The summed E-state index contributed by atoms with van der Waals surface area (Å²) in [6.07, 6.45) is 1.24. The van der Waals surface area contributed by atoms with E-state index in [0.29, 0.717) is 38.3 Å². The Labute approximate surface area is 131 Å². The number of carbonyl (C=O) groups is 2. The van der Waals surface area contributed by atoms with E-state index >= 15 is 0 Å². The summed E-state index contributed by atoms with van der Waals surface area (Å²) in [6, 6.07) is 0.512. The van der Waals surface area contributed by atoms with Crippen LogP contribution in [0.2, 0.25) is 6.04 Å². The van der Waals surface area contributed by atoms with Crippen LogP contribution in [0.25, 0.3) is 0 Å². The van der Waals surface area contributed by atoms with Gasteiger partial charge in [0.05, 0.1) is 0 Å². The zero-order valence-electron chi connectivity index (χ0n) is 13.2. The van der Waals surface area contributed by atoms with Gasteiger partial charge in [0.25, 0.3) is 0 Å². The molecular formula is C13H25NO7Si. The van der Waals surface area contributed by atoms with Gasteiger partial charge in [-0.1, -0.05) is 0 Å². The van der Waals surface area contributed by atoms with Crippen LogP contribution in [-0.4, -0.2) is 51.9 Å². The Balaban J connectivity index is 4.73. The number of carboxylic acid groups (broad SMARTS) is 1. The van der Waals surface area contributed by atoms with Crippen molar-refractivity contribution in [3.8, 4) is 0 Å². The van der Waals surface area contributed by atoms with Gasteiger partial charge in [-0.3, -0.25) is 0 Å². The second kappa shape index (κ2) is 11.3. The lowest BCUT2D eigenvalue weighted by Gasteiger charge is -2.31. The highest BCUT2D eigenvalue weighted by Gasteiger charge is 2.42. The highest BCUT2D eigenvalue weighted by atomic mass is 28.4. The smallest absolute Gasteiger partial charge is 0.478 e. The SMILES string of the molecule is CCO[Si](CCCN)(OCC)OC(C)OC(=O)/C=C\C(=O)O. The fourth-order valence-electron chi connectivity index (χ4n) is 1.69. The Morgan fingerprint density at radius 3 is 2.27 bits per heavy atom. The summed E-state index contributed by atoms with van der Waals surface area (Å²) in [4.78, 5) is 21.8. The molecule has 0 saturated heterocycles. The van der Waals surface area contributed by atoms with E-state index in [4.69, 9.17) is 28.9 Å². The van der Waals surface area contributed by atoms with Crippen LogP contribution in [0.15, 0.2) is 12.2 Å². The predicted octanol–water partition coefficient (Wildman–Crippen LogP) is 0.894. The summed E-state index contributed by atoms with van der Waals surface area (Å²) in [5.41, 5.74) is 5.51. The van der Waals surface area contributed by atoms with Gasteiger partial charge in [-0.2, -0.15) is 0 Å². The molecule has 0 rings (SSSR count). The summed E-state index contributed by atoms with van der Waals surface area (Å²) in [6.45, 7) is 6.42. The molecule has 0 heterocycles. The zero-order valence-corrected chi connectivity index (χ0v) is 14.2. The molecule has 0 radical (unpaired) electrons. The van der Waals surface area contributed by atoms with Gasteiger partial charge in [-0.15, -0.1) is 0 Å². The molecule has 3 N–H and O–H groups in total. The molecule has 0 aromatic heterocycles. The number of nitrogens with two attached hydrogens (primary N) is 1. The molecule has 0 amide bonds. The fourth-order valence-corrected chi connectivity index (χ4v) is 4.39. The van der Waals surface area contributed by atoms with Gasteiger partial charge < -0.3 is 28.9 Å². The average Bonchev–Trinajstić information content (AvgIpc) is 2.43. The molecule has 0 aromatic rings. The standard InChI is InChI=1S/C13H25NO7Si/c1-4-18-22(19-5-2,10-6-9-14)21-11(3)20-13(17)8-7-12(15)16/h7-8,11H,4-6,9-10,14H2,1-3H3,(H,15,16)/b8-7-. The van der Waals surface area contributed by atoms with Crippen LogP contribution in [0.4, 0.5) is 0 Å². The molecule has 0 aliphatic heterocycles. The Morgan fingerprint density at radius 2 is 1.82 bits per heavy atom. The summed E-state index contributed by atoms with van der Waals surface area (Å²) in [5.74, 6) is -2.05. The van der Waals surface area contributed by atoms with E-state index in [1.165, 1.54) is 6.92 Å². The largest absolute Gasteiger partial charge is 0.503 e. The van der Waals surface area contributed by atoms with Crippen molar-refractivity contribution in [2.24, 2.45) is 5.73 Å². The molecule has 22 heavy (non-hydrogen) atoms. The number of carboxylic acids is 1.